The Bertz CT molecular complexity index is 707. The third kappa shape index (κ3) is 7.10. The Morgan fingerprint density at radius 2 is 1.59 bits per heavy atom. The second-order valence-corrected chi connectivity index (χ2v) is 7.44. The molecule has 0 aromatic heterocycles. The highest BCUT2D eigenvalue weighted by Gasteiger charge is 2.25. The van der Waals surface area contributed by atoms with Crippen molar-refractivity contribution in [3.05, 3.63) is 71.8 Å². The number of nitrogens with zero attached hydrogens (tertiary/aromatic N) is 1. The van der Waals surface area contributed by atoms with Crippen LogP contribution in [0.2, 0.25) is 0 Å². The lowest BCUT2D eigenvalue weighted by atomic mass is 10.1. The Hall–Kier alpha value is -2.27. The Balaban J connectivity index is 2.00. The molecule has 2 amide bonds. The molecule has 0 spiro atoms. The van der Waals surface area contributed by atoms with Gasteiger partial charge in [0.1, 0.15) is 6.04 Å². The summed E-state index contributed by atoms with van der Waals surface area (Å²) in [4.78, 5) is 27.0. The topological polar surface area (TPSA) is 49.4 Å². The van der Waals surface area contributed by atoms with Crippen LogP contribution >= 0.6 is 11.8 Å². The van der Waals surface area contributed by atoms with E-state index in [9.17, 15) is 9.59 Å². The number of hydrogen-bond donors (Lipinski definition) is 1. The molecule has 0 unspecified atom stereocenters. The first-order valence-corrected chi connectivity index (χ1v) is 10.5. The van der Waals surface area contributed by atoms with Gasteiger partial charge in [-0.2, -0.15) is 0 Å². The van der Waals surface area contributed by atoms with Crippen LogP contribution in [0.5, 0.6) is 0 Å². The second-order valence-electron chi connectivity index (χ2n) is 6.45. The minimum Gasteiger partial charge on any atom is -0.354 e. The molecule has 0 aliphatic rings. The van der Waals surface area contributed by atoms with Crippen LogP contribution in [0, 0.1) is 0 Å². The minimum absolute atomic E-state index is 0.0149. The number of carbonyl (C=O) groups excluding carboxylic acids is 2. The van der Waals surface area contributed by atoms with E-state index in [0.717, 1.165) is 17.7 Å². The van der Waals surface area contributed by atoms with Crippen molar-refractivity contribution in [3.8, 4) is 0 Å². The minimum atomic E-state index is -0.499. The van der Waals surface area contributed by atoms with E-state index in [0.29, 0.717) is 18.8 Å². The van der Waals surface area contributed by atoms with Gasteiger partial charge in [0, 0.05) is 18.8 Å². The van der Waals surface area contributed by atoms with Crippen LogP contribution in [0.15, 0.2) is 60.7 Å². The normalized spacial score (nSPS) is 11.6. The van der Waals surface area contributed by atoms with Crippen molar-refractivity contribution in [1.82, 2.24) is 10.2 Å². The molecule has 144 valence electrons. The summed E-state index contributed by atoms with van der Waals surface area (Å²) in [7, 11) is 0. The quantitative estimate of drug-likeness (QED) is 0.677. The first-order valence-electron chi connectivity index (χ1n) is 9.34. The van der Waals surface area contributed by atoms with Gasteiger partial charge in [0.25, 0.3) is 0 Å². The van der Waals surface area contributed by atoms with Gasteiger partial charge >= 0.3 is 0 Å². The van der Waals surface area contributed by atoms with E-state index in [1.165, 1.54) is 5.56 Å². The lowest BCUT2D eigenvalue weighted by Gasteiger charge is -2.28. The first kappa shape index (κ1) is 21.0. The summed E-state index contributed by atoms with van der Waals surface area (Å²) < 4.78 is 0. The van der Waals surface area contributed by atoms with E-state index < -0.39 is 6.04 Å². The molecule has 1 N–H and O–H groups in total. The smallest absolute Gasteiger partial charge is 0.242 e. The number of amides is 2. The summed E-state index contributed by atoms with van der Waals surface area (Å²) in [6.07, 6.45) is 0.873. The van der Waals surface area contributed by atoms with Crippen molar-refractivity contribution in [2.75, 3.05) is 12.3 Å². The molecule has 1 atom stereocenters. The molecule has 2 aromatic rings. The summed E-state index contributed by atoms with van der Waals surface area (Å²) in [5, 5.41) is 2.90. The highest BCUT2D eigenvalue weighted by Crippen LogP contribution is 2.15. The molecule has 5 heteroatoms. The van der Waals surface area contributed by atoms with E-state index in [2.05, 4.69) is 17.4 Å². The third-order valence-corrected chi connectivity index (χ3v) is 5.24. The number of carbonyl (C=O) groups is 2. The fourth-order valence-corrected chi connectivity index (χ4v) is 3.54. The third-order valence-electron chi connectivity index (χ3n) is 4.25. The van der Waals surface area contributed by atoms with Gasteiger partial charge in [0.05, 0.1) is 5.75 Å². The van der Waals surface area contributed by atoms with Gasteiger partial charge in [0.2, 0.25) is 11.8 Å². The van der Waals surface area contributed by atoms with Crippen LogP contribution < -0.4 is 5.32 Å². The van der Waals surface area contributed by atoms with Crippen molar-refractivity contribution in [1.29, 1.82) is 0 Å². The number of rotatable bonds is 10. The van der Waals surface area contributed by atoms with Crippen LogP contribution in [0.1, 0.15) is 31.4 Å². The molecule has 0 fully saturated rings. The highest BCUT2D eigenvalue weighted by molar-refractivity contribution is 7.99. The predicted molar refractivity (Wildman–Crippen MR) is 112 cm³/mol. The van der Waals surface area contributed by atoms with Gasteiger partial charge in [-0.05, 0) is 24.5 Å². The Morgan fingerprint density at radius 1 is 1.00 bits per heavy atom. The summed E-state index contributed by atoms with van der Waals surface area (Å²) >= 11 is 1.58. The summed E-state index contributed by atoms with van der Waals surface area (Å²) in [5.41, 5.74) is 2.22. The van der Waals surface area contributed by atoms with Crippen LogP contribution in [0.3, 0.4) is 0 Å². The standard InChI is InChI=1S/C22H28N2O2S/c1-3-14-23-22(26)18(2)24(15-19-10-6-4-7-11-19)21(25)17-27-16-20-12-8-5-9-13-20/h4-13,18H,3,14-17H2,1-2H3,(H,23,26)/t18-/m0/s1. The van der Waals surface area contributed by atoms with E-state index in [1.807, 2.05) is 55.5 Å². The Kier molecular flexibility index (Phi) is 8.92. The Labute approximate surface area is 166 Å². The molecular weight excluding hydrogens is 356 g/mol. The first-order chi connectivity index (χ1) is 13.1. The zero-order valence-corrected chi connectivity index (χ0v) is 16.9. The summed E-state index contributed by atoms with van der Waals surface area (Å²) in [6.45, 7) is 4.87. The van der Waals surface area contributed by atoms with E-state index in [4.69, 9.17) is 0 Å². The number of thioether (sulfide) groups is 1. The maximum Gasteiger partial charge on any atom is 0.242 e. The molecule has 0 aliphatic heterocycles. The average molecular weight is 385 g/mol. The molecule has 2 rings (SSSR count). The second kappa shape index (κ2) is 11.4. The molecule has 0 radical (unpaired) electrons. The molecule has 0 saturated carbocycles. The molecule has 4 nitrogen and oxygen atoms in total. The molecule has 0 saturated heterocycles. The fraction of sp³-hybridized carbons (Fsp3) is 0.364. The number of nitrogens with one attached hydrogen (secondary N) is 1. The number of benzene rings is 2. The highest BCUT2D eigenvalue weighted by atomic mass is 32.2. The van der Waals surface area contributed by atoms with Gasteiger partial charge in [-0.1, -0.05) is 67.6 Å². The predicted octanol–water partition coefficient (Wildman–Crippen LogP) is 3.86. The SMILES string of the molecule is CCCNC(=O)[C@H](C)N(Cc1ccccc1)C(=O)CSCc1ccccc1. The van der Waals surface area contributed by atoms with Gasteiger partial charge in [-0.3, -0.25) is 9.59 Å². The number of hydrogen-bond acceptors (Lipinski definition) is 3. The van der Waals surface area contributed by atoms with Gasteiger partial charge in [0.15, 0.2) is 0 Å². The van der Waals surface area contributed by atoms with Gasteiger partial charge in [-0.15, -0.1) is 11.8 Å². The maximum absolute atomic E-state index is 12.9. The molecular formula is C22H28N2O2S. The molecule has 0 bridgehead atoms. The van der Waals surface area contributed by atoms with Crippen molar-refractivity contribution >= 4 is 23.6 Å². The van der Waals surface area contributed by atoms with Crippen LogP contribution in [0.25, 0.3) is 0 Å². The molecule has 27 heavy (non-hydrogen) atoms. The average Bonchev–Trinajstić information content (AvgIpc) is 2.71. The van der Waals surface area contributed by atoms with Gasteiger partial charge < -0.3 is 10.2 Å². The van der Waals surface area contributed by atoms with Crippen LogP contribution in [0.4, 0.5) is 0 Å². The Morgan fingerprint density at radius 3 is 2.19 bits per heavy atom. The summed E-state index contributed by atoms with van der Waals surface area (Å²) in [5.74, 6) is 1.02. The van der Waals surface area contributed by atoms with Crippen LogP contribution in [-0.4, -0.2) is 35.1 Å². The molecule has 0 heterocycles. The summed E-state index contributed by atoms with van der Waals surface area (Å²) in [6, 6.07) is 19.4. The van der Waals surface area contributed by atoms with E-state index in [1.54, 1.807) is 23.6 Å². The monoisotopic (exact) mass is 384 g/mol. The van der Waals surface area contributed by atoms with Crippen molar-refractivity contribution < 1.29 is 9.59 Å². The zero-order valence-electron chi connectivity index (χ0n) is 16.1. The fourth-order valence-electron chi connectivity index (χ4n) is 2.67. The van der Waals surface area contributed by atoms with Crippen LogP contribution in [-0.2, 0) is 21.9 Å². The van der Waals surface area contributed by atoms with Crippen molar-refractivity contribution in [3.63, 3.8) is 0 Å². The largest absolute Gasteiger partial charge is 0.354 e. The zero-order chi connectivity index (χ0) is 19.5. The van der Waals surface area contributed by atoms with E-state index >= 15 is 0 Å². The lowest BCUT2D eigenvalue weighted by molar-refractivity contribution is -0.138. The van der Waals surface area contributed by atoms with Gasteiger partial charge in [-0.25, -0.2) is 0 Å². The van der Waals surface area contributed by atoms with Crippen molar-refractivity contribution in [2.24, 2.45) is 0 Å². The molecule has 0 aliphatic carbocycles. The lowest BCUT2D eigenvalue weighted by Crippen LogP contribution is -2.48. The van der Waals surface area contributed by atoms with Crippen molar-refractivity contribution in [2.45, 2.75) is 38.6 Å². The molecule has 2 aromatic carbocycles. The van der Waals surface area contributed by atoms with E-state index in [-0.39, 0.29) is 11.8 Å². The maximum atomic E-state index is 12.9.